The van der Waals surface area contributed by atoms with E-state index in [1.807, 2.05) is 59.4 Å². The monoisotopic (exact) mass is 233 g/mol. The Bertz CT molecular complexity index is 763. The average Bonchev–Trinajstić information content (AvgIpc) is 2.84. The fourth-order valence-electron chi connectivity index (χ4n) is 2.17. The van der Waals surface area contributed by atoms with Gasteiger partial charge in [0, 0.05) is 28.9 Å². The normalized spacial score (nSPS) is 10.4. The first-order valence-corrected chi connectivity index (χ1v) is 5.65. The zero-order valence-corrected chi connectivity index (χ0v) is 9.67. The molecule has 2 N–H and O–H groups in total. The molecule has 0 saturated carbocycles. The van der Waals surface area contributed by atoms with Crippen LogP contribution < -0.4 is 5.73 Å². The van der Waals surface area contributed by atoms with Gasteiger partial charge in [-0.2, -0.15) is 5.26 Å². The molecule has 0 bridgehead atoms. The number of rotatable bonds is 1. The van der Waals surface area contributed by atoms with Gasteiger partial charge < -0.3 is 10.3 Å². The molecule has 0 saturated heterocycles. The van der Waals surface area contributed by atoms with E-state index in [0.29, 0.717) is 5.56 Å². The van der Waals surface area contributed by atoms with Crippen LogP contribution in [-0.4, -0.2) is 4.57 Å². The number of aromatic nitrogens is 1. The van der Waals surface area contributed by atoms with Crippen LogP contribution in [0.2, 0.25) is 0 Å². The van der Waals surface area contributed by atoms with E-state index in [9.17, 15) is 0 Å². The van der Waals surface area contributed by atoms with Gasteiger partial charge >= 0.3 is 0 Å². The number of hydrogen-bond acceptors (Lipinski definition) is 2. The van der Waals surface area contributed by atoms with E-state index in [1.54, 1.807) is 0 Å². The van der Waals surface area contributed by atoms with E-state index in [-0.39, 0.29) is 0 Å². The summed E-state index contributed by atoms with van der Waals surface area (Å²) >= 11 is 0. The molecule has 0 fully saturated rings. The molecule has 0 amide bonds. The molecule has 3 rings (SSSR count). The molecule has 0 unspecified atom stereocenters. The number of nitrogen functional groups attached to an aromatic ring is 1. The van der Waals surface area contributed by atoms with Crippen LogP contribution in [0, 0.1) is 11.3 Å². The highest BCUT2D eigenvalue weighted by Crippen LogP contribution is 2.26. The maximum absolute atomic E-state index is 9.12. The number of nitriles is 1. The van der Waals surface area contributed by atoms with Crippen molar-refractivity contribution in [2.45, 2.75) is 0 Å². The molecule has 1 aromatic heterocycles. The second-order valence-corrected chi connectivity index (χ2v) is 4.14. The molecule has 1 heterocycles. The number of hydrogen-bond donors (Lipinski definition) is 1. The van der Waals surface area contributed by atoms with Crippen molar-refractivity contribution in [2.75, 3.05) is 5.73 Å². The minimum atomic E-state index is 0.689. The molecular formula is C15H11N3. The predicted molar refractivity (Wildman–Crippen MR) is 72.4 cm³/mol. The van der Waals surface area contributed by atoms with Gasteiger partial charge in [-0.1, -0.05) is 24.3 Å². The van der Waals surface area contributed by atoms with Crippen molar-refractivity contribution in [1.82, 2.24) is 4.57 Å². The zero-order chi connectivity index (χ0) is 12.5. The van der Waals surface area contributed by atoms with Crippen LogP contribution in [-0.2, 0) is 0 Å². The molecule has 2 aromatic carbocycles. The first-order valence-electron chi connectivity index (χ1n) is 5.65. The van der Waals surface area contributed by atoms with Crippen molar-refractivity contribution < 1.29 is 0 Å². The summed E-state index contributed by atoms with van der Waals surface area (Å²) in [6.07, 6.45) is 3.79. The summed E-state index contributed by atoms with van der Waals surface area (Å²) < 4.78 is 1.97. The molecule has 86 valence electrons. The first kappa shape index (κ1) is 10.4. The van der Waals surface area contributed by atoms with Crippen molar-refractivity contribution in [3.8, 4) is 11.8 Å². The van der Waals surface area contributed by atoms with Crippen LogP contribution in [0.15, 0.2) is 54.9 Å². The van der Waals surface area contributed by atoms with Gasteiger partial charge in [0.15, 0.2) is 0 Å². The molecule has 0 spiro atoms. The minimum absolute atomic E-state index is 0.689. The Hall–Kier alpha value is -2.73. The zero-order valence-electron chi connectivity index (χ0n) is 9.67. The van der Waals surface area contributed by atoms with Crippen LogP contribution in [0.25, 0.3) is 16.5 Å². The molecule has 0 radical (unpaired) electrons. The topological polar surface area (TPSA) is 54.7 Å². The summed E-state index contributed by atoms with van der Waals surface area (Å²) in [6.45, 7) is 0. The van der Waals surface area contributed by atoms with Crippen molar-refractivity contribution in [3.05, 3.63) is 60.4 Å². The van der Waals surface area contributed by atoms with Gasteiger partial charge in [-0.3, -0.25) is 0 Å². The van der Waals surface area contributed by atoms with E-state index in [4.69, 9.17) is 11.0 Å². The lowest BCUT2D eigenvalue weighted by atomic mass is 10.0. The average molecular weight is 233 g/mol. The smallest absolute Gasteiger partial charge is 0.0998 e. The number of fused-ring (bicyclic) bond motifs is 1. The van der Waals surface area contributed by atoms with Crippen molar-refractivity contribution >= 4 is 16.5 Å². The number of benzene rings is 2. The number of anilines is 1. The van der Waals surface area contributed by atoms with Gasteiger partial charge in [-0.15, -0.1) is 0 Å². The van der Waals surface area contributed by atoms with Gasteiger partial charge in [0.25, 0.3) is 0 Å². The molecule has 0 aliphatic heterocycles. The first-order chi connectivity index (χ1) is 8.79. The van der Waals surface area contributed by atoms with Crippen LogP contribution in [0.4, 0.5) is 5.69 Å². The van der Waals surface area contributed by atoms with Crippen LogP contribution >= 0.6 is 0 Å². The molecule has 0 aliphatic carbocycles. The lowest BCUT2D eigenvalue weighted by molar-refractivity contribution is 1.09. The molecule has 3 aromatic rings. The van der Waals surface area contributed by atoms with Crippen molar-refractivity contribution in [2.24, 2.45) is 0 Å². The fraction of sp³-hybridized carbons (Fsp3) is 0. The lowest BCUT2D eigenvalue weighted by Gasteiger charge is -2.08. The highest BCUT2D eigenvalue weighted by molar-refractivity contribution is 5.94. The summed E-state index contributed by atoms with van der Waals surface area (Å²) in [5, 5.41) is 11.1. The summed E-state index contributed by atoms with van der Waals surface area (Å²) in [5.74, 6) is 0. The summed E-state index contributed by atoms with van der Waals surface area (Å²) in [4.78, 5) is 0. The fourth-order valence-corrected chi connectivity index (χ4v) is 2.17. The van der Waals surface area contributed by atoms with Gasteiger partial charge in [0.05, 0.1) is 17.3 Å². The second-order valence-electron chi connectivity index (χ2n) is 4.14. The Morgan fingerprint density at radius 3 is 2.44 bits per heavy atom. The van der Waals surface area contributed by atoms with Gasteiger partial charge in [-0.05, 0) is 18.2 Å². The number of nitrogens with two attached hydrogens (primary N) is 1. The Morgan fingerprint density at radius 1 is 1.00 bits per heavy atom. The van der Waals surface area contributed by atoms with E-state index >= 15 is 0 Å². The largest absolute Gasteiger partial charge is 0.397 e. The van der Waals surface area contributed by atoms with Crippen LogP contribution in [0.3, 0.4) is 0 Å². The van der Waals surface area contributed by atoms with Crippen LogP contribution in [0.1, 0.15) is 5.56 Å². The standard InChI is InChI=1S/C15H11N3/c16-9-11-5-6-15(18-8-7-12(17)10-18)14-4-2-1-3-13(11)14/h1-8,10H,17H2. The lowest BCUT2D eigenvalue weighted by Crippen LogP contribution is -1.93. The predicted octanol–water partition coefficient (Wildman–Crippen LogP) is 3.08. The van der Waals surface area contributed by atoms with Gasteiger partial charge in [-0.25, -0.2) is 0 Å². The van der Waals surface area contributed by atoms with E-state index in [1.165, 1.54) is 0 Å². The Kier molecular flexibility index (Phi) is 2.28. The summed E-state index contributed by atoms with van der Waals surface area (Å²) in [7, 11) is 0. The SMILES string of the molecule is N#Cc1ccc(-n2ccc(N)c2)c2ccccc12. The maximum Gasteiger partial charge on any atom is 0.0998 e. The molecule has 3 nitrogen and oxygen atoms in total. The Labute approximate surface area is 105 Å². The van der Waals surface area contributed by atoms with E-state index in [0.717, 1.165) is 22.1 Å². The maximum atomic E-state index is 9.12. The minimum Gasteiger partial charge on any atom is -0.397 e. The third-order valence-corrected chi connectivity index (χ3v) is 3.02. The molecule has 3 heteroatoms. The summed E-state index contributed by atoms with van der Waals surface area (Å²) in [5.41, 5.74) is 8.19. The Morgan fingerprint density at radius 2 is 1.78 bits per heavy atom. The van der Waals surface area contributed by atoms with Crippen molar-refractivity contribution in [1.29, 1.82) is 5.26 Å². The highest BCUT2D eigenvalue weighted by atomic mass is 15.0. The van der Waals surface area contributed by atoms with E-state index < -0.39 is 0 Å². The second kappa shape index (κ2) is 3.94. The molecule has 18 heavy (non-hydrogen) atoms. The molecule has 0 aliphatic rings. The third kappa shape index (κ3) is 1.52. The van der Waals surface area contributed by atoms with Crippen molar-refractivity contribution in [3.63, 3.8) is 0 Å². The van der Waals surface area contributed by atoms with Gasteiger partial charge in [0.1, 0.15) is 0 Å². The summed E-state index contributed by atoms with van der Waals surface area (Å²) in [6, 6.07) is 15.8. The highest BCUT2D eigenvalue weighted by Gasteiger charge is 2.06. The van der Waals surface area contributed by atoms with Gasteiger partial charge in [0.2, 0.25) is 0 Å². The molecule has 0 atom stereocenters. The quantitative estimate of drug-likeness (QED) is 0.702. The van der Waals surface area contributed by atoms with Crippen LogP contribution in [0.5, 0.6) is 0 Å². The van der Waals surface area contributed by atoms with E-state index in [2.05, 4.69) is 6.07 Å². The molecular weight excluding hydrogens is 222 g/mol. The third-order valence-electron chi connectivity index (χ3n) is 3.02. The Balaban J connectivity index is 2.35. The number of nitrogens with zero attached hydrogens (tertiary/aromatic N) is 2.